The van der Waals surface area contributed by atoms with E-state index in [0.29, 0.717) is 0 Å². The van der Waals surface area contributed by atoms with Crippen LogP contribution in [-0.2, 0) is 0 Å². The first-order valence-corrected chi connectivity index (χ1v) is 8.33. The second-order valence-corrected chi connectivity index (χ2v) is 6.14. The van der Waals surface area contributed by atoms with Crippen molar-refractivity contribution in [2.45, 2.75) is 0 Å². The molecule has 0 aliphatic carbocycles. The number of fused-ring (bicyclic) bond motifs is 3. The number of halogens is 3. The van der Waals surface area contributed by atoms with Crippen molar-refractivity contribution in [3.63, 3.8) is 0 Å². The molecule has 0 spiro atoms. The zero-order valence-electron chi connectivity index (χ0n) is 10.3. The van der Waals surface area contributed by atoms with E-state index in [4.69, 9.17) is 48.9 Å². The minimum absolute atomic E-state index is 0.841. The van der Waals surface area contributed by atoms with Crippen molar-refractivity contribution in [3.05, 3.63) is 0 Å². The molecule has 0 aromatic carbocycles. The second kappa shape index (κ2) is 8.19. The lowest BCUT2D eigenvalue weighted by molar-refractivity contribution is -2.00. The fourth-order valence-corrected chi connectivity index (χ4v) is 2.43. The highest BCUT2D eigenvalue weighted by molar-refractivity contribution is 6.16. The third kappa shape index (κ3) is 12.2. The molecule has 3 fully saturated rings. The van der Waals surface area contributed by atoms with Gasteiger partial charge in [-0.2, -0.15) is 0 Å². The van der Waals surface area contributed by atoms with Gasteiger partial charge in [0.25, 0.3) is 0 Å². The molecule has 122 valence electrons. The second-order valence-electron chi connectivity index (χ2n) is 4.39. The lowest BCUT2D eigenvalue weighted by Crippen LogP contribution is -3.19. The van der Waals surface area contributed by atoms with Crippen molar-refractivity contribution in [1.29, 1.82) is 0 Å². The Kier molecular flexibility index (Phi) is 8.39. The standard InChI is InChI=1S/C7H14ClN2.2ClHO4/c8-7-10-4-1-9(2-5-10)3-6-10;2*2-1(3,4)5/h1-7H2;2*(H,2,3,4,5)/q+1;;/p-1. The molecule has 0 amide bonds. The average Bonchev–Trinajstić information content (AvgIpc) is 2.27. The van der Waals surface area contributed by atoms with Crippen molar-refractivity contribution in [2.75, 3.05) is 45.3 Å². The molecule has 3 aliphatic rings. The van der Waals surface area contributed by atoms with Gasteiger partial charge in [0.15, 0.2) is 6.00 Å². The van der Waals surface area contributed by atoms with E-state index in [9.17, 15) is 0 Å². The van der Waals surface area contributed by atoms with Gasteiger partial charge in [-0.3, -0.25) is 4.48 Å². The molecular formula is C7H15Cl3N2O8. The van der Waals surface area contributed by atoms with Gasteiger partial charge in [0, 0.05) is 0 Å². The van der Waals surface area contributed by atoms with Crippen LogP contribution < -0.4 is 42.2 Å². The fourth-order valence-electron chi connectivity index (χ4n) is 2.08. The maximum Gasteiger partial charge on any atom is 0.155 e. The summed E-state index contributed by atoms with van der Waals surface area (Å²) in [7, 11) is -9.89. The van der Waals surface area contributed by atoms with Crippen molar-refractivity contribution in [3.8, 4) is 0 Å². The Bertz CT molecular complexity index is 238. The minimum Gasteiger partial charge on any atom is -0.321 e. The van der Waals surface area contributed by atoms with Crippen LogP contribution in [0.5, 0.6) is 0 Å². The molecule has 0 aromatic heterocycles. The summed E-state index contributed by atoms with van der Waals surface area (Å²) in [6.45, 7) is 8.02. The number of hydrogen-bond acceptors (Lipinski definition) is 8. The zero-order valence-corrected chi connectivity index (χ0v) is 12.6. The molecule has 0 unspecified atom stereocenters. The van der Waals surface area contributed by atoms with Gasteiger partial charge in [-0.05, 0) is 0 Å². The predicted octanol–water partition coefficient (Wildman–Crippen LogP) is -10.6. The largest absolute Gasteiger partial charge is 0.321 e. The van der Waals surface area contributed by atoms with Gasteiger partial charge in [-0.15, -0.1) is 20.5 Å². The fraction of sp³-hybridized carbons (Fsp3) is 1.00. The van der Waals surface area contributed by atoms with Gasteiger partial charge >= 0.3 is 0 Å². The Balaban J connectivity index is 0.000000310. The van der Waals surface area contributed by atoms with Crippen LogP contribution in [-0.4, -0.2) is 49.8 Å². The molecule has 13 heteroatoms. The highest BCUT2D eigenvalue weighted by Crippen LogP contribution is 2.10. The lowest BCUT2D eigenvalue weighted by atomic mass is 10.2. The van der Waals surface area contributed by atoms with E-state index in [0.717, 1.165) is 6.00 Å². The maximum atomic E-state index is 8.49. The van der Waals surface area contributed by atoms with Crippen molar-refractivity contribution >= 4 is 11.6 Å². The molecule has 0 radical (unpaired) electrons. The number of nitrogens with zero attached hydrogens (tertiary/aromatic N) is 1. The van der Waals surface area contributed by atoms with Gasteiger partial charge in [0.05, 0.1) is 0 Å². The molecule has 3 saturated heterocycles. The Morgan fingerprint density at radius 1 is 0.750 bits per heavy atom. The Labute approximate surface area is 124 Å². The summed E-state index contributed by atoms with van der Waals surface area (Å²) in [5, 5.41) is 0. The summed E-state index contributed by atoms with van der Waals surface area (Å²) in [6, 6.07) is 0.841. The molecule has 1 N–H and O–H groups in total. The Morgan fingerprint density at radius 2 is 1.00 bits per heavy atom. The van der Waals surface area contributed by atoms with E-state index in [1.807, 2.05) is 0 Å². The predicted molar refractivity (Wildman–Crippen MR) is 41.1 cm³/mol. The van der Waals surface area contributed by atoms with Crippen LogP contribution in [0.1, 0.15) is 0 Å². The first-order chi connectivity index (χ1) is 8.85. The molecule has 10 nitrogen and oxygen atoms in total. The zero-order chi connectivity index (χ0) is 16.0. The molecule has 3 aliphatic heterocycles. The molecule has 0 atom stereocenters. The van der Waals surface area contributed by atoms with E-state index in [1.165, 1.54) is 43.8 Å². The van der Waals surface area contributed by atoms with Crippen LogP contribution in [0.25, 0.3) is 0 Å². The van der Waals surface area contributed by atoms with E-state index in [1.54, 1.807) is 4.90 Å². The first kappa shape index (κ1) is 20.5. The van der Waals surface area contributed by atoms with Crippen molar-refractivity contribution in [1.82, 2.24) is 0 Å². The van der Waals surface area contributed by atoms with E-state index >= 15 is 0 Å². The van der Waals surface area contributed by atoms with Gasteiger partial charge < -0.3 is 4.90 Å². The monoisotopic (exact) mass is 360 g/mol. The Hall–Kier alpha value is 0.470. The van der Waals surface area contributed by atoms with Crippen LogP contribution in [0.15, 0.2) is 0 Å². The van der Waals surface area contributed by atoms with Crippen LogP contribution >= 0.6 is 11.6 Å². The van der Waals surface area contributed by atoms with Crippen molar-refractivity contribution < 1.29 is 67.1 Å². The first-order valence-electron chi connectivity index (χ1n) is 5.33. The van der Waals surface area contributed by atoms with Crippen LogP contribution in [0, 0.1) is 20.5 Å². The van der Waals surface area contributed by atoms with E-state index in [-0.39, 0.29) is 0 Å². The SMILES string of the molecule is ClC[N+]12CC[NH+](CC1)CC2.[O-][Cl+3]([O-])([O-])[O-].[O-][Cl+3]([O-])([O-])[O-]. The highest BCUT2D eigenvalue weighted by atomic mass is 35.7. The number of nitrogens with one attached hydrogen (secondary N) is 1. The van der Waals surface area contributed by atoms with Crippen LogP contribution in [0.4, 0.5) is 0 Å². The number of quaternary nitrogens is 2. The molecule has 2 bridgehead atoms. The quantitative estimate of drug-likeness (QED) is 0.270. The number of hydrogen-bond donors (Lipinski definition) is 1. The summed E-state index contributed by atoms with van der Waals surface area (Å²) in [6.07, 6.45) is 0. The number of rotatable bonds is 1. The summed E-state index contributed by atoms with van der Waals surface area (Å²) < 4.78 is 69.1. The molecule has 0 saturated carbocycles. The van der Waals surface area contributed by atoms with Gasteiger partial charge in [-0.25, -0.2) is 37.3 Å². The molecule has 20 heavy (non-hydrogen) atoms. The normalized spacial score (nSPS) is 28.9. The summed E-state index contributed by atoms with van der Waals surface area (Å²) in [5.41, 5.74) is 0. The summed E-state index contributed by atoms with van der Waals surface area (Å²) in [5.74, 6) is 0. The molecular weight excluding hydrogens is 346 g/mol. The Morgan fingerprint density at radius 3 is 1.15 bits per heavy atom. The average molecular weight is 362 g/mol. The van der Waals surface area contributed by atoms with Crippen molar-refractivity contribution in [2.24, 2.45) is 0 Å². The topological polar surface area (TPSA) is 189 Å². The molecule has 3 heterocycles. The third-order valence-electron chi connectivity index (χ3n) is 3.07. The summed E-state index contributed by atoms with van der Waals surface area (Å²) >= 11 is 5.92. The number of piperazine rings is 3. The van der Waals surface area contributed by atoms with E-state index in [2.05, 4.69) is 0 Å². The molecule has 3 rings (SSSR count). The van der Waals surface area contributed by atoms with Crippen LogP contribution in [0.2, 0.25) is 0 Å². The summed E-state index contributed by atoms with van der Waals surface area (Å²) in [4.78, 5) is 1.80. The third-order valence-corrected chi connectivity index (χ3v) is 3.58. The highest BCUT2D eigenvalue weighted by Gasteiger charge is 2.40. The number of alkyl halides is 1. The maximum absolute atomic E-state index is 8.49. The minimum atomic E-state index is -4.94. The molecule has 0 aromatic rings. The van der Waals surface area contributed by atoms with Crippen LogP contribution in [0.3, 0.4) is 0 Å². The smallest absolute Gasteiger partial charge is 0.155 e. The van der Waals surface area contributed by atoms with E-state index < -0.39 is 20.5 Å². The van der Waals surface area contributed by atoms with Gasteiger partial charge in [-0.1, -0.05) is 11.6 Å². The van der Waals surface area contributed by atoms with Gasteiger partial charge in [0.2, 0.25) is 0 Å². The lowest BCUT2D eigenvalue weighted by Gasteiger charge is -2.46. The van der Waals surface area contributed by atoms with Gasteiger partial charge in [0.1, 0.15) is 39.3 Å².